The van der Waals surface area contributed by atoms with Gasteiger partial charge in [0.1, 0.15) is 0 Å². The molecule has 80 valence electrons. The van der Waals surface area contributed by atoms with Crippen LogP contribution >= 0.6 is 0 Å². The molecule has 1 N–H and O–H groups in total. The highest BCUT2D eigenvalue weighted by Gasteiger charge is 2.02. The molecule has 2 heteroatoms. The van der Waals surface area contributed by atoms with Gasteiger partial charge in [-0.25, -0.2) is 0 Å². The van der Waals surface area contributed by atoms with Crippen molar-refractivity contribution in [2.24, 2.45) is 0 Å². The summed E-state index contributed by atoms with van der Waals surface area (Å²) in [6.45, 7) is 8.37. The van der Waals surface area contributed by atoms with Gasteiger partial charge in [-0.3, -0.25) is 4.79 Å². The highest BCUT2D eigenvalue weighted by Crippen LogP contribution is 1.98. The Kier molecular flexibility index (Phi) is 7.90. The molecule has 0 aromatic rings. The number of unbranched alkanes of at least 4 members (excludes halogenated alkanes) is 3. The zero-order chi connectivity index (χ0) is 10.8. The number of allylic oxidation sites excluding steroid dienone is 1. The Morgan fingerprint density at radius 1 is 1.36 bits per heavy atom. The van der Waals surface area contributed by atoms with Crippen LogP contribution in [0.2, 0.25) is 0 Å². The Morgan fingerprint density at radius 2 is 2.07 bits per heavy atom. The summed E-state index contributed by atoms with van der Waals surface area (Å²) >= 11 is 0. The van der Waals surface area contributed by atoms with Crippen LogP contribution in [-0.4, -0.2) is 12.5 Å². The highest BCUT2D eigenvalue weighted by molar-refractivity contribution is 5.95. The van der Waals surface area contributed by atoms with Crippen molar-refractivity contribution in [3.05, 3.63) is 24.3 Å². The Morgan fingerprint density at radius 3 is 2.57 bits per heavy atom. The van der Waals surface area contributed by atoms with Crippen LogP contribution in [0.1, 0.15) is 39.5 Å². The predicted molar refractivity (Wildman–Crippen MR) is 61.1 cm³/mol. The zero-order valence-electron chi connectivity index (χ0n) is 9.31. The number of hydrogen-bond donors (Lipinski definition) is 1. The molecule has 0 saturated heterocycles. The SMILES string of the molecule is C=C/C(=C\C)C(=O)NCCCCCC. The van der Waals surface area contributed by atoms with Crippen molar-refractivity contribution >= 4 is 5.91 Å². The second-order valence-corrected chi connectivity index (χ2v) is 3.26. The molecule has 14 heavy (non-hydrogen) atoms. The van der Waals surface area contributed by atoms with E-state index in [0.717, 1.165) is 13.0 Å². The molecule has 0 rings (SSSR count). The summed E-state index contributed by atoms with van der Waals surface area (Å²) in [5.41, 5.74) is 0.653. The Bertz CT molecular complexity index is 206. The van der Waals surface area contributed by atoms with Crippen molar-refractivity contribution < 1.29 is 4.79 Å². The van der Waals surface area contributed by atoms with Gasteiger partial charge < -0.3 is 5.32 Å². The fraction of sp³-hybridized carbons (Fsp3) is 0.583. The number of hydrogen-bond acceptors (Lipinski definition) is 1. The van der Waals surface area contributed by atoms with Crippen LogP contribution in [0.4, 0.5) is 0 Å². The minimum absolute atomic E-state index is 0.0148. The van der Waals surface area contributed by atoms with Crippen LogP contribution in [-0.2, 0) is 4.79 Å². The first-order valence-corrected chi connectivity index (χ1v) is 5.33. The van der Waals surface area contributed by atoms with E-state index in [2.05, 4.69) is 18.8 Å². The van der Waals surface area contributed by atoms with Gasteiger partial charge in [-0.05, 0) is 13.3 Å². The molecule has 0 saturated carbocycles. The maximum Gasteiger partial charge on any atom is 0.250 e. The summed E-state index contributed by atoms with van der Waals surface area (Å²) in [7, 11) is 0. The van der Waals surface area contributed by atoms with E-state index in [-0.39, 0.29) is 5.91 Å². The maximum absolute atomic E-state index is 11.4. The minimum Gasteiger partial charge on any atom is -0.352 e. The summed E-state index contributed by atoms with van der Waals surface area (Å²) in [4.78, 5) is 11.4. The molecule has 0 aliphatic carbocycles. The lowest BCUT2D eigenvalue weighted by Gasteiger charge is -2.04. The van der Waals surface area contributed by atoms with Crippen molar-refractivity contribution in [2.75, 3.05) is 6.54 Å². The summed E-state index contributed by atoms with van der Waals surface area (Å²) in [6, 6.07) is 0. The lowest BCUT2D eigenvalue weighted by molar-refractivity contribution is -0.117. The molecule has 0 aliphatic heterocycles. The summed E-state index contributed by atoms with van der Waals surface area (Å²) in [6.07, 6.45) is 8.08. The zero-order valence-corrected chi connectivity index (χ0v) is 9.31. The average molecular weight is 195 g/mol. The molecule has 0 radical (unpaired) electrons. The summed E-state index contributed by atoms with van der Waals surface area (Å²) < 4.78 is 0. The van der Waals surface area contributed by atoms with Crippen molar-refractivity contribution in [1.29, 1.82) is 0 Å². The number of rotatable bonds is 7. The molecule has 1 amide bonds. The second kappa shape index (κ2) is 8.54. The van der Waals surface area contributed by atoms with Gasteiger partial charge in [-0.1, -0.05) is 44.9 Å². The molecule has 0 aliphatic rings. The van der Waals surface area contributed by atoms with Crippen LogP contribution in [0, 0.1) is 0 Å². The number of carbonyl (C=O) groups is 1. The van der Waals surface area contributed by atoms with E-state index in [0.29, 0.717) is 5.57 Å². The van der Waals surface area contributed by atoms with E-state index >= 15 is 0 Å². The third-order valence-corrected chi connectivity index (χ3v) is 2.11. The standard InChI is InChI=1S/C12H21NO/c1-4-7-8-9-10-13-12(14)11(5-2)6-3/h5-6H,2,4,7-10H2,1,3H3,(H,13,14)/b11-6+. The molecule has 0 unspecified atom stereocenters. The van der Waals surface area contributed by atoms with E-state index in [9.17, 15) is 4.79 Å². The quantitative estimate of drug-likeness (QED) is 0.378. The normalized spacial score (nSPS) is 11.1. The molecule has 0 aromatic carbocycles. The van der Waals surface area contributed by atoms with Gasteiger partial charge in [0, 0.05) is 12.1 Å². The first-order chi connectivity index (χ1) is 6.76. The first-order valence-electron chi connectivity index (χ1n) is 5.33. The lowest BCUT2D eigenvalue weighted by atomic mass is 10.2. The van der Waals surface area contributed by atoms with Gasteiger partial charge in [0.2, 0.25) is 0 Å². The van der Waals surface area contributed by atoms with E-state index in [1.165, 1.54) is 19.3 Å². The van der Waals surface area contributed by atoms with Crippen LogP contribution in [0.5, 0.6) is 0 Å². The van der Waals surface area contributed by atoms with Crippen LogP contribution in [0.25, 0.3) is 0 Å². The van der Waals surface area contributed by atoms with Gasteiger partial charge in [-0.15, -0.1) is 0 Å². The van der Waals surface area contributed by atoms with E-state index in [4.69, 9.17) is 0 Å². The van der Waals surface area contributed by atoms with Gasteiger partial charge in [0.25, 0.3) is 5.91 Å². The van der Waals surface area contributed by atoms with E-state index < -0.39 is 0 Å². The maximum atomic E-state index is 11.4. The minimum atomic E-state index is -0.0148. The van der Waals surface area contributed by atoms with Crippen LogP contribution in [0.3, 0.4) is 0 Å². The Labute approximate surface area is 87.1 Å². The van der Waals surface area contributed by atoms with E-state index in [1.54, 1.807) is 12.2 Å². The van der Waals surface area contributed by atoms with Crippen molar-refractivity contribution in [3.63, 3.8) is 0 Å². The number of nitrogens with one attached hydrogen (secondary N) is 1. The smallest absolute Gasteiger partial charge is 0.250 e. The van der Waals surface area contributed by atoms with Gasteiger partial charge in [0.05, 0.1) is 0 Å². The molecule has 0 atom stereocenters. The predicted octanol–water partition coefficient (Wildman–Crippen LogP) is 2.82. The molecule has 0 bridgehead atoms. The second-order valence-electron chi connectivity index (χ2n) is 3.26. The highest BCUT2D eigenvalue weighted by atomic mass is 16.1. The fourth-order valence-electron chi connectivity index (χ4n) is 1.20. The molecule has 0 aromatic heterocycles. The molecular weight excluding hydrogens is 174 g/mol. The molecule has 0 fully saturated rings. The van der Waals surface area contributed by atoms with Gasteiger partial charge in [-0.2, -0.15) is 0 Å². The Balaban J connectivity index is 3.58. The summed E-state index contributed by atoms with van der Waals surface area (Å²) in [5, 5.41) is 2.87. The lowest BCUT2D eigenvalue weighted by Crippen LogP contribution is -2.25. The average Bonchev–Trinajstić information content (AvgIpc) is 2.19. The first kappa shape index (κ1) is 12.9. The monoisotopic (exact) mass is 195 g/mol. The van der Waals surface area contributed by atoms with E-state index in [1.807, 2.05) is 6.92 Å². The van der Waals surface area contributed by atoms with Gasteiger partial charge in [0.15, 0.2) is 0 Å². The molecule has 2 nitrogen and oxygen atoms in total. The van der Waals surface area contributed by atoms with Crippen molar-refractivity contribution in [2.45, 2.75) is 39.5 Å². The molecule has 0 spiro atoms. The van der Waals surface area contributed by atoms with Gasteiger partial charge >= 0.3 is 0 Å². The fourth-order valence-corrected chi connectivity index (χ4v) is 1.20. The van der Waals surface area contributed by atoms with Crippen molar-refractivity contribution in [3.8, 4) is 0 Å². The van der Waals surface area contributed by atoms with Crippen LogP contribution in [0.15, 0.2) is 24.3 Å². The third kappa shape index (κ3) is 5.57. The molecular formula is C12H21NO. The third-order valence-electron chi connectivity index (χ3n) is 2.11. The number of carbonyl (C=O) groups excluding carboxylic acids is 1. The molecule has 0 heterocycles. The largest absolute Gasteiger partial charge is 0.352 e. The van der Waals surface area contributed by atoms with Crippen molar-refractivity contribution in [1.82, 2.24) is 5.32 Å². The Hall–Kier alpha value is -1.05. The topological polar surface area (TPSA) is 29.1 Å². The number of amides is 1. The summed E-state index contributed by atoms with van der Waals surface area (Å²) in [5.74, 6) is -0.0148. The van der Waals surface area contributed by atoms with Crippen LogP contribution < -0.4 is 5.32 Å².